The molecule has 0 aliphatic rings. The molecule has 22 nitrogen and oxygen atoms in total. The van der Waals surface area contributed by atoms with Crippen molar-refractivity contribution in [2.75, 3.05) is 32.3 Å². The number of hydrogen-bond acceptors (Lipinski definition) is 14. The van der Waals surface area contributed by atoms with Gasteiger partial charge in [0, 0.05) is 22.6 Å². The lowest BCUT2D eigenvalue weighted by Gasteiger charge is -2.41. The number of hydrogen-bond donors (Lipinski definition) is 14. The van der Waals surface area contributed by atoms with Gasteiger partial charge in [0.2, 0.25) is 5.79 Å². The third-order valence-electron chi connectivity index (χ3n) is 9.84. The summed E-state index contributed by atoms with van der Waals surface area (Å²) >= 11 is 0. The van der Waals surface area contributed by atoms with E-state index in [0.717, 1.165) is 60.7 Å². The van der Waals surface area contributed by atoms with Crippen LogP contribution in [-0.2, 0) is 5.79 Å². The largest absolute Gasteiger partial charge is 0.478 e. The maximum Gasteiger partial charge on any atom is 0.337 e. The fourth-order valence-electron chi connectivity index (χ4n) is 6.77. The van der Waals surface area contributed by atoms with Gasteiger partial charge < -0.3 is 73.2 Å². The maximum atomic E-state index is 13.6. The first-order chi connectivity index (χ1) is 31.7. The van der Waals surface area contributed by atoms with Gasteiger partial charge in [0.1, 0.15) is 0 Å². The van der Waals surface area contributed by atoms with Crippen LogP contribution in [0, 0.1) is 0 Å². The van der Waals surface area contributed by atoms with Crippen molar-refractivity contribution in [3.63, 3.8) is 0 Å². The minimum absolute atomic E-state index is 0.0408. The first-order valence-electron chi connectivity index (χ1n) is 19.0. The zero-order chi connectivity index (χ0) is 48.9. The van der Waals surface area contributed by atoms with Gasteiger partial charge in [-0.1, -0.05) is 18.2 Å². The van der Waals surface area contributed by atoms with Crippen molar-refractivity contribution in [2.24, 2.45) is 0 Å². The van der Waals surface area contributed by atoms with E-state index in [1.165, 1.54) is 54.6 Å². The van der Waals surface area contributed by atoms with Gasteiger partial charge in [0.15, 0.2) is 0 Å². The molecule has 0 saturated heterocycles. The van der Waals surface area contributed by atoms with Crippen LogP contribution in [0.15, 0.2) is 115 Å². The Morgan fingerprint density at radius 1 is 0.373 bits per heavy atom. The number of anilines is 8. The molecule has 6 rings (SSSR count). The summed E-state index contributed by atoms with van der Waals surface area (Å²) in [5, 5.41) is 95.3. The molecule has 0 bridgehead atoms. The first kappa shape index (κ1) is 46.4. The van der Waals surface area contributed by atoms with Crippen molar-refractivity contribution in [1.82, 2.24) is 0 Å². The Kier molecular flexibility index (Phi) is 12.9. The van der Waals surface area contributed by atoms with E-state index < -0.39 is 115 Å². The van der Waals surface area contributed by atoms with E-state index in [1.54, 1.807) is 0 Å². The number of nitrogens with two attached hydrogens (primary N) is 1. The van der Waals surface area contributed by atoms with Crippen LogP contribution in [0.3, 0.4) is 0 Å². The zero-order valence-electron chi connectivity index (χ0n) is 33.9. The molecule has 1 unspecified atom stereocenters. The second-order valence-corrected chi connectivity index (χ2v) is 14.2. The fourth-order valence-corrected chi connectivity index (χ4v) is 6.77. The van der Waals surface area contributed by atoms with Crippen LogP contribution < -0.4 is 32.3 Å². The van der Waals surface area contributed by atoms with Crippen LogP contribution in [0.4, 0.5) is 45.5 Å². The monoisotopic (exact) mass is 914 g/mol. The van der Waals surface area contributed by atoms with Gasteiger partial charge in [-0.3, -0.25) is 0 Å². The molecule has 15 N–H and O–H groups in total. The Morgan fingerprint density at radius 2 is 0.881 bits per heavy atom. The summed E-state index contributed by atoms with van der Waals surface area (Å²) < 4.78 is 0. The second-order valence-electron chi connectivity index (χ2n) is 14.2. The van der Waals surface area contributed by atoms with Gasteiger partial charge in [0.05, 0.1) is 72.9 Å². The summed E-state index contributed by atoms with van der Waals surface area (Å²) in [6.07, 6.45) is 0. The Bertz CT molecular complexity index is 3030. The summed E-state index contributed by atoms with van der Waals surface area (Å²) in [5.41, 5.74) is 0.0244. The number of para-hydroxylation sites is 1. The molecular formula is C45H34N6O16. The lowest BCUT2D eigenvalue weighted by molar-refractivity contribution is 0.0679. The van der Waals surface area contributed by atoms with E-state index in [0.29, 0.717) is 0 Å². The van der Waals surface area contributed by atoms with E-state index in [2.05, 4.69) is 26.6 Å². The van der Waals surface area contributed by atoms with Crippen LogP contribution in [0.2, 0.25) is 0 Å². The molecule has 6 aromatic rings. The molecule has 0 aromatic heterocycles. The minimum Gasteiger partial charge on any atom is -0.478 e. The minimum atomic E-state index is -2.65. The summed E-state index contributed by atoms with van der Waals surface area (Å²) in [7, 11) is 0. The van der Waals surface area contributed by atoms with Crippen LogP contribution >= 0.6 is 0 Å². The number of nitrogen functional groups attached to an aromatic ring is 1. The quantitative estimate of drug-likeness (QED) is 0.0294. The molecule has 340 valence electrons. The molecule has 22 heteroatoms. The van der Waals surface area contributed by atoms with Crippen molar-refractivity contribution < 1.29 is 79.2 Å². The van der Waals surface area contributed by atoms with Gasteiger partial charge in [-0.2, -0.15) is 0 Å². The number of carbonyl (C=O) groups is 8. The number of carboxylic acids is 8. The molecule has 0 heterocycles. The Labute approximate surface area is 375 Å². The highest BCUT2D eigenvalue weighted by Crippen LogP contribution is 2.45. The normalized spacial score (nSPS) is 11.5. The number of carboxylic acid groups (broad SMARTS) is 8. The molecule has 0 radical (unpaired) electrons. The van der Waals surface area contributed by atoms with Gasteiger partial charge in [0.25, 0.3) is 0 Å². The molecular weight excluding hydrogens is 881 g/mol. The van der Waals surface area contributed by atoms with E-state index in [-0.39, 0.29) is 33.8 Å². The zero-order valence-corrected chi connectivity index (χ0v) is 33.9. The van der Waals surface area contributed by atoms with Crippen molar-refractivity contribution in [3.8, 4) is 0 Å². The van der Waals surface area contributed by atoms with Gasteiger partial charge in [-0.05, 0) is 97.1 Å². The third kappa shape index (κ3) is 10.1. The third-order valence-corrected chi connectivity index (χ3v) is 9.84. The van der Waals surface area contributed by atoms with E-state index in [1.807, 2.05) is 0 Å². The average Bonchev–Trinajstić information content (AvgIpc) is 3.27. The molecule has 1 atom stereocenters. The van der Waals surface area contributed by atoms with E-state index in [9.17, 15) is 79.2 Å². The Hall–Kier alpha value is -10.1. The maximum absolute atomic E-state index is 13.6. The lowest BCUT2D eigenvalue weighted by atomic mass is 9.95. The molecule has 0 aliphatic carbocycles. The highest BCUT2D eigenvalue weighted by molar-refractivity contribution is 6.07. The highest BCUT2D eigenvalue weighted by atomic mass is 16.4. The predicted molar refractivity (Wildman–Crippen MR) is 238 cm³/mol. The van der Waals surface area contributed by atoms with E-state index >= 15 is 0 Å². The summed E-state index contributed by atoms with van der Waals surface area (Å²) in [4.78, 5) is 99.7. The van der Waals surface area contributed by atoms with Gasteiger partial charge in [-0.25, -0.2) is 38.4 Å². The molecule has 0 amide bonds. The van der Waals surface area contributed by atoms with Crippen molar-refractivity contribution in [2.45, 2.75) is 5.79 Å². The highest BCUT2D eigenvalue weighted by Gasteiger charge is 2.40. The average molecular weight is 915 g/mol. The molecule has 6 aromatic carbocycles. The second kappa shape index (κ2) is 18.7. The first-order valence-corrected chi connectivity index (χ1v) is 19.0. The van der Waals surface area contributed by atoms with Crippen LogP contribution in [0.25, 0.3) is 0 Å². The topological polar surface area (TPSA) is 385 Å². The molecule has 0 saturated carbocycles. The summed E-state index contributed by atoms with van der Waals surface area (Å²) in [6.45, 7) is 0. The van der Waals surface area contributed by atoms with Gasteiger partial charge in [-0.15, -0.1) is 0 Å². The van der Waals surface area contributed by atoms with Crippen LogP contribution in [0.1, 0.15) is 88.4 Å². The Morgan fingerprint density at radius 3 is 1.45 bits per heavy atom. The standard InChI is InChI=1S/C45H34N6O16/c46-34-31(19-30(44(66)67)35(48-32-7-2-1-6-28(32)42(62)63)36(34)47-26-5-3-4-21(15-26)38(54)55)45(49-25-11-8-20(9-12-25)37(52)53,50-27-16-23(40(58)59)14-24(17-27)41(60)61)51-33-18-22(39(56)57)10-13-29(33)43(64)65/h1-19,47-51H,46H2,(H,52,53)(H,54,55)(H,56,57)(H,58,59)(H,60,61)(H,62,63)(H,64,65)(H,66,67). The van der Waals surface area contributed by atoms with Crippen molar-refractivity contribution in [1.29, 1.82) is 0 Å². The number of nitrogens with one attached hydrogen (secondary N) is 5. The van der Waals surface area contributed by atoms with Gasteiger partial charge >= 0.3 is 47.8 Å². The van der Waals surface area contributed by atoms with Crippen LogP contribution in [0.5, 0.6) is 0 Å². The molecule has 0 aliphatic heterocycles. The molecule has 0 spiro atoms. The van der Waals surface area contributed by atoms with Crippen molar-refractivity contribution in [3.05, 3.63) is 165 Å². The summed E-state index contributed by atoms with van der Waals surface area (Å²) in [5.74, 6) is -15.0. The fraction of sp³-hybridized carbons (Fsp3) is 0.0222. The number of rotatable bonds is 19. The summed E-state index contributed by atoms with van der Waals surface area (Å²) in [6, 6.07) is 21.4. The smallest absolute Gasteiger partial charge is 0.337 e. The Balaban J connectivity index is 1.80. The predicted octanol–water partition coefficient (Wildman–Crippen LogP) is 6.79. The van der Waals surface area contributed by atoms with E-state index in [4.69, 9.17) is 5.73 Å². The number of benzene rings is 6. The number of aromatic carboxylic acids is 8. The molecule has 67 heavy (non-hydrogen) atoms. The van der Waals surface area contributed by atoms with Crippen molar-refractivity contribution >= 4 is 93.3 Å². The SMILES string of the molecule is Nc1c(C(Nc2ccc(C(=O)O)cc2)(Nc2cc(C(=O)O)cc(C(=O)O)c2)Nc2cc(C(=O)O)ccc2C(=O)O)cc(C(=O)O)c(Nc2ccccc2C(=O)O)c1Nc1cccc(C(=O)O)c1. The van der Waals surface area contributed by atoms with Crippen LogP contribution in [-0.4, -0.2) is 88.6 Å². The lowest BCUT2D eigenvalue weighted by Crippen LogP contribution is -2.51. The molecule has 0 fully saturated rings.